The quantitative estimate of drug-likeness (QED) is 0.295. The van der Waals surface area contributed by atoms with Crippen molar-refractivity contribution in [1.82, 2.24) is 0 Å². The molecule has 0 saturated carbocycles. The summed E-state index contributed by atoms with van der Waals surface area (Å²) in [5.41, 5.74) is 1.66. The number of carbonyl (C=O) groups excluding carboxylic acids is 1. The van der Waals surface area contributed by atoms with Crippen molar-refractivity contribution in [3.05, 3.63) is 65.7 Å². The number of aliphatic hydroxyl groups excluding tert-OH is 1. The van der Waals surface area contributed by atoms with E-state index in [0.29, 0.717) is 12.2 Å². The van der Waals surface area contributed by atoms with Gasteiger partial charge in [-0.15, -0.1) is 11.8 Å². The van der Waals surface area contributed by atoms with Crippen LogP contribution in [0.3, 0.4) is 0 Å². The number of ether oxygens (including phenoxy) is 3. The van der Waals surface area contributed by atoms with Crippen LogP contribution in [0.5, 0.6) is 0 Å². The van der Waals surface area contributed by atoms with Gasteiger partial charge in [-0.05, 0) is 37.6 Å². The van der Waals surface area contributed by atoms with Gasteiger partial charge in [0.2, 0.25) is 0 Å². The fraction of sp³-hybridized carbons (Fsp3) is 0.519. The van der Waals surface area contributed by atoms with Gasteiger partial charge in [0, 0.05) is 11.5 Å². The minimum absolute atomic E-state index is 0.0171. The van der Waals surface area contributed by atoms with Crippen molar-refractivity contribution in [2.45, 2.75) is 81.0 Å². The van der Waals surface area contributed by atoms with E-state index in [4.69, 9.17) is 14.2 Å². The second-order valence-electron chi connectivity index (χ2n) is 8.53. The van der Waals surface area contributed by atoms with Crippen LogP contribution >= 0.6 is 11.8 Å². The molecule has 0 spiro atoms. The summed E-state index contributed by atoms with van der Waals surface area (Å²) in [5.74, 6) is -0.425. The van der Waals surface area contributed by atoms with Crippen molar-refractivity contribution < 1.29 is 24.1 Å². The first kappa shape index (κ1) is 25.8. The van der Waals surface area contributed by atoms with Crippen LogP contribution in [0.2, 0.25) is 0 Å². The van der Waals surface area contributed by atoms with Gasteiger partial charge in [0.25, 0.3) is 0 Å². The molecule has 0 bridgehead atoms. The van der Waals surface area contributed by atoms with Crippen LogP contribution in [0, 0.1) is 6.92 Å². The highest BCUT2D eigenvalue weighted by molar-refractivity contribution is 8.00. The first-order chi connectivity index (χ1) is 16.1. The zero-order chi connectivity index (χ0) is 23.5. The lowest BCUT2D eigenvalue weighted by molar-refractivity contribution is -0.143. The molecule has 1 N–H and O–H groups in total. The molecule has 1 aliphatic rings. The number of aryl methyl sites for hydroxylation is 1. The first-order valence-electron chi connectivity index (χ1n) is 12.0. The minimum Gasteiger partial charge on any atom is -0.459 e. The number of benzene rings is 2. The minimum atomic E-state index is -0.811. The maximum Gasteiger partial charge on any atom is 0.338 e. The molecule has 0 unspecified atom stereocenters. The highest BCUT2D eigenvalue weighted by Gasteiger charge is 2.45. The zero-order valence-corrected chi connectivity index (χ0v) is 20.5. The fourth-order valence-electron chi connectivity index (χ4n) is 3.77. The maximum atomic E-state index is 12.3. The molecule has 4 atom stereocenters. The van der Waals surface area contributed by atoms with Crippen LogP contribution in [-0.4, -0.2) is 48.0 Å². The van der Waals surface area contributed by atoms with Gasteiger partial charge in [-0.25, -0.2) is 4.79 Å². The third-order valence-electron chi connectivity index (χ3n) is 5.76. The van der Waals surface area contributed by atoms with E-state index in [1.165, 1.54) is 31.2 Å². The average molecular weight is 473 g/mol. The lowest BCUT2D eigenvalue weighted by Gasteiger charge is -2.20. The number of aliphatic hydroxyl groups is 1. The summed E-state index contributed by atoms with van der Waals surface area (Å²) >= 11 is 1.54. The van der Waals surface area contributed by atoms with Gasteiger partial charge in [0.05, 0.1) is 10.8 Å². The van der Waals surface area contributed by atoms with Crippen LogP contribution in [0.25, 0.3) is 0 Å². The molecule has 1 fully saturated rings. The molecular weight excluding hydrogens is 436 g/mol. The molecular formula is C27H36O5S. The van der Waals surface area contributed by atoms with Crippen molar-refractivity contribution in [1.29, 1.82) is 0 Å². The van der Waals surface area contributed by atoms with Crippen molar-refractivity contribution in [3.8, 4) is 0 Å². The Morgan fingerprint density at radius 2 is 1.70 bits per heavy atom. The standard InChI is InChI=1S/C27H36O5S/c1-3-4-5-6-7-11-18-30-27-25(33-22-16-14-20(2)15-17-22)24(28)23(32-27)19-31-26(29)21-12-9-8-10-13-21/h8-10,12-17,23-25,27-28H,3-7,11,18-19H2,1-2H3/t23-,24+,25-,27-/m1/s1. The van der Waals surface area contributed by atoms with Crippen LogP contribution in [0.1, 0.15) is 61.4 Å². The van der Waals surface area contributed by atoms with Gasteiger partial charge in [0.15, 0.2) is 6.29 Å². The molecule has 0 aliphatic carbocycles. The van der Waals surface area contributed by atoms with Crippen LogP contribution in [-0.2, 0) is 14.2 Å². The van der Waals surface area contributed by atoms with Crippen molar-refractivity contribution in [2.75, 3.05) is 13.2 Å². The SMILES string of the molecule is CCCCCCCCO[C@@H]1O[C@H](COC(=O)c2ccccc2)[C@H](O)[C@H]1Sc1ccc(C)cc1. The number of unbranched alkanes of at least 4 members (excludes halogenated alkanes) is 5. The number of hydrogen-bond donors (Lipinski definition) is 1. The Bertz CT molecular complexity index is 826. The molecule has 3 rings (SSSR count). The lowest BCUT2D eigenvalue weighted by Crippen LogP contribution is -2.33. The van der Waals surface area contributed by atoms with E-state index in [1.807, 2.05) is 25.1 Å². The van der Waals surface area contributed by atoms with Crippen LogP contribution < -0.4 is 0 Å². The van der Waals surface area contributed by atoms with Crippen LogP contribution in [0.4, 0.5) is 0 Å². The molecule has 0 aromatic heterocycles. The maximum absolute atomic E-state index is 12.3. The zero-order valence-electron chi connectivity index (χ0n) is 19.7. The van der Waals surface area contributed by atoms with E-state index in [2.05, 4.69) is 19.1 Å². The van der Waals surface area contributed by atoms with E-state index < -0.39 is 24.5 Å². The van der Waals surface area contributed by atoms with Crippen molar-refractivity contribution in [2.24, 2.45) is 0 Å². The molecule has 2 aromatic rings. The third-order valence-corrected chi connectivity index (χ3v) is 7.07. The van der Waals surface area contributed by atoms with Gasteiger partial charge in [-0.2, -0.15) is 0 Å². The number of thioether (sulfide) groups is 1. The summed E-state index contributed by atoms with van der Waals surface area (Å²) in [6.07, 6.45) is 5.08. The summed E-state index contributed by atoms with van der Waals surface area (Å²) in [5, 5.41) is 10.7. The van der Waals surface area contributed by atoms with Gasteiger partial charge >= 0.3 is 5.97 Å². The Morgan fingerprint density at radius 1 is 1.00 bits per heavy atom. The predicted molar refractivity (Wildman–Crippen MR) is 132 cm³/mol. The molecule has 0 amide bonds. The first-order valence-corrected chi connectivity index (χ1v) is 12.9. The van der Waals surface area contributed by atoms with E-state index in [1.54, 1.807) is 36.0 Å². The third kappa shape index (κ3) is 8.14. The van der Waals surface area contributed by atoms with E-state index >= 15 is 0 Å². The van der Waals surface area contributed by atoms with E-state index in [-0.39, 0.29) is 11.9 Å². The summed E-state index contributed by atoms with van der Waals surface area (Å²) in [6.45, 7) is 4.83. The number of rotatable bonds is 13. The Balaban J connectivity index is 1.56. The van der Waals surface area contributed by atoms with Crippen molar-refractivity contribution in [3.63, 3.8) is 0 Å². The molecule has 0 radical (unpaired) electrons. The monoisotopic (exact) mass is 472 g/mol. The number of carbonyl (C=O) groups is 1. The number of hydrogen-bond acceptors (Lipinski definition) is 6. The van der Waals surface area contributed by atoms with E-state index in [9.17, 15) is 9.90 Å². The van der Waals surface area contributed by atoms with Gasteiger partial charge in [0.1, 0.15) is 18.8 Å². The Kier molecular flexibility index (Phi) is 10.7. The summed E-state index contributed by atoms with van der Waals surface area (Å²) in [4.78, 5) is 13.4. The van der Waals surface area contributed by atoms with Gasteiger partial charge < -0.3 is 19.3 Å². The number of esters is 1. The Hall–Kier alpha value is -1.86. The summed E-state index contributed by atoms with van der Waals surface area (Å²) in [6, 6.07) is 17.0. The smallest absolute Gasteiger partial charge is 0.338 e. The second kappa shape index (κ2) is 13.8. The summed E-state index contributed by atoms with van der Waals surface area (Å²) < 4.78 is 17.5. The van der Waals surface area contributed by atoms with Gasteiger partial charge in [-0.1, -0.05) is 74.9 Å². The lowest BCUT2D eigenvalue weighted by atomic mass is 10.1. The van der Waals surface area contributed by atoms with Gasteiger partial charge in [-0.3, -0.25) is 0 Å². The predicted octanol–water partition coefficient (Wildman–Crippen LogP) is 5.78. The Labute approximate surface area is 201 Å². The topological polar surface area (TPSA) is 65.0 Å². The average Bonchev–Trinajstić information content (AvgIpc) is 3.13. The molecule has 5 nitrogen and oxygen atoms in total. The molecule has 6 heteroatoms. The highest BCUT2D eigenvalue weighted by Crippen LogP contribution is 2.37. The molecule has 180 valence electrons. The highest BCUT2D eigenvalue weighted by atomic mass is 32.2. The molecule has 2 aromatic carbocycles. The summed E-state index contributed by atoms with van der Waals surface area (Å²) in [7, 11) is 0. The molecule has 33 heavy (non-hydrogen) atoms. The fourth-order valence-corrected chi connectivity index (χ4v) is 4.95. The second-order valence-corrected chi connectivity index (χ2v) is 9.78. The largest absolute Gasteiger partial charge is 0.459 e. The molecule has 1 saturated heterocycles. The van der Waals surface area contributed by atoms with Crippen molar-refractivity contribution >= 4 is 17.7 Å². The molecule has 1 aliphatic heterocycles. The van der Waals surface area contributed by atoms with Crippen LogP contribution in [0.15, 0.2) is 59.5 Å². The van der Waals surface area contributed by atoms with E-state index in [0.717, 1.165) is 17.7 Å². The Morgan fingerprint density at radius 3 is 2.42 bits per heavy atom. The normalized spacial score (nSPS) is 22.4. The molecule has 1 heterocycles.